The number of nitrogens with zero attached hydrogens (tertiary/aromatic N) is 3. The molecule has 3 rings (SSSR count). The van der Waals surface area contributed by atoms with E-state index in [1.165, 1.54) is 7.11 Å². The summed E-state index contributed by atoms with van der Waals surface area (Å²) in [5.74, 6) is 1.47. The molecule has 1 amide bonds. The zero-order valence-corrected chi connectivity index (χ0v) is 16.0. The molecule has 8 heteroatoms. The molecule has 0 unspecified atom stereocenters. The number of morpholine rings is 1. The van der Waals surface area contributed by atoms with Gasteiger partial charge in [-0.3, -0.25) is 4.79 Å². The van der Waals surface area contributed by atoms with Gasteiger partial charge in [0.05, 0.1) is 44.5 Å². The van der Waals surface area contributed by atoms with Crippen molar-refractivity contribution in [2.75, 3.05) is 50.7 Å². The van der Waals surface area contributed by atoms with Crippen LogP contribution in [0.3, 0.4) is 0 Å². The Bertz CT molecular complexity index is 811. The molecule has 1 aromatic heterocycles. The maximum absolute atomic E-state index is 12.7. The first kappa shape index (κ1) is 18.9. The highest BCUT2D eigenvalue weighted by Crippen LogP contribution is 2.28. The van der Waals surface area contributed by atoms with Crippen LogP contribution in [0.2, 0.25) is 0 Å². The third-order valence-electron chi connectivity index (χ3n) is 4.44. The van der Waals surface area contributed by atoms with Crippen LogP contribution in [0.4, 0.5) is 11.6 Å². The zero-order chi connectivity index (χ0) is 19.4. The molecule has 0 saturated carbocycles. The number of benzene rings is 1. The number of anilines is 2. The Kier molecular flexibility index (Phi) is 5.75. The van der Waals surface area contributed by atoms with Crippen LogP contribution < -0.4 is 19.7 Å². The second kappa shape index (κ2) is 8.22. The van der Waals surface area contributed by atoms with Crippen molar-refractivity contribution in [3.63, 3.8) is 0 Å². The van der Waals surface area contributed by atoms with Gasteiger partial charge in [0.15, 0.2) is 11.5 Å². The lowest BCUT2D eigenvalue weighted by atomic mass is 10.1. The first-order valence-corrected chi connectivity index (χ1v) is 8.74. The average molecular weight is 372 g/mol. The second-order valence-corrected chi connectivity index (χ2v) is 6.19. The van der Waals surface area contributed by atoms with Gasteiger partial charge < -0.3 is 24.4 Å². The molecule has 0 bridgehead atoms. The van der Waals surface area contributed by atoms with Gasteiger partial charge >= 0.3 is 0 Å². The summed E-state index contributed by atoms with van der Waals surface area (Å²) < 4.78 is 15.8. The van der Waals surface area contributed by atoms with Gasteiger partial charge in [-0.2, -0.15) is 0 Å². The molecule has 2 heterocycles. The SMILES string of the molecule is COc1ccc(C(=O)Nc2c(C)nc(N3CCOCC3)nc2C)cc1OC. The lowest BCUT2D eigenvalue weighted by Crippen LogP contribution is -2.37. The van der Waals surface area contributed by atoms with Crippen LogP contribution in [0.5, 0.6) is 11.5 Å². The molecule has 1 aliphatic heterocycles. The van der Waals surface area contributed by atoms with Gasteiger partial charge in [-0.1, -0.05) is 0 Å². The number of aromatic nitrogens is 2. The normalized spacial score (nSPS) is 14.0. The van der Waals surface area contributed by atoms with Crippen LogP contribution in [0, 0.1) is 13.8 Å². The highest BCUT2D eigenvalue weighted by Gasteiger charge is 2.19. The smallest absolute Gasteiger partial charge is 0.255 e. The van der Waals surface area contributed by atoms with E-state index in [4.69, 9.17) is 14.2 Å². The molecule has 1 fully saturated rings. The molecule has 144 valence electrons. The number of hydrogen-bond donors (Lipinski definition) is 1. The van der Waals surface area contributed by atoms with Crippen molar-refractivity contribution in [1.29, 1.82) is 0 Å². The highest BCUT2D eigenvalue weighted by atomic mass is 16.5. The van der Waals surface area contributed by atoms with Crippen LogP contribution >= 0.6 is 0 Å². The molecule has 0 atom stereocenters. The van der Waals surface area contributed by atoms with E-state index in [-0.39, 0.29) is 5.91 Å². The molecule has 1 aromatic carbocycles. The summed E-state index contributed by atoms with van der Waals surface area (Å²) in [6, 6.07) is 5.03. The predicted octanol–water partition coefficient (Wildman–Crippen LogP) is 2.20. The molecule has 0 aliphatic carbocycles. The van der Waals surface area contributed by atoms with Crippen LogP contribution in [-0.2, 0) is 4.74 Å². The van der Waals surface area contributed by atoms with Gasteiger partial charge in [-0.15, -0.1) is 0 Å². The van der Waals surface area contributed by atoms with Crippen molar-refractivity contribution in [2.45, 2.75) is 13.8 Å². The van der Waals surface area contributed by atoms with E-state index < -0.39 is 0 Å². The van der Waals surface area contributed by atoms with Gasteiger partial charge in [-0.25, -0.2) is 9.97 Å². The Morgan fingerprint density at radius 3 is 2.30 bits per heavy atom. The number of methoxy groups -OCH3 is 2. The Morgan fingerprint density at radius 2 is 1.70 bits per heavy atom. The summed E-state index contributed by atoms with van der Waals surface area (Å²) in [5.41, 5.74) is 2.52. The van der Waals surface area contributed by atoms with Crippen molar-refractivity contribution in [2.24, 2.45) is 0 Å². The number of hydrogen-bond acceptors (Lipinski definition) is 7. The second-order valence-electron chi connectivity index (χ2n) is 6.19. The van der Waals surface area contributed by atoms with Gasteiger partial charge in [0, 0.05) is 18.7 Å². The molecule has 1 N–H and O–H groups in total. The number of ether oxygens (including phenoxy) is 3. The first-order chi connectivity index (χ1) is 13.0. The fourth-order valence-corrected chi connectivity index (χ4v) is 2.95. The number of carbonyl (C=O) groups excluding carboxylic acids is 1. The number of aryl methyl sites for hydroxylation is 2. The Hall–Kier alpha value is -2.87. The summed E-state index contributed by atoms with van der Waals surface area (Å²) in [6.07, 6.45) is 0. The standard InChI is InChI=1S/C19H24N4O4/c1-12-17(13(2)21-19(20-12)23-7-9-27-10-8-23)22-18(24)14-5-6-15(25-3)16(11-14)26-4/h5-6,11H,7-10H2,1-4H3,(H,22,24). The number of rotatable bonds is 5. The maximum Gasteiger partial charge on any atom is 0.255 e. The highest BCUT2D eigenvalue weighted by molar-refractivity contribution is 6.05. The third-order valence-corrected chi connectivity index (χ3v) is 4.44. The topological polar surface area (TPSA) is 85.8 Å². The van der Waals surface area contributed by atoms with E-state index in [1.807, 2.05) is 13.8 Å². The molecule has 0 spiro atoms. The zero-order valence-electron chi connectivity index (χ0n) is 16.0. The minimum Gasteiger partial charge on any atom is -0.493 e. The minimum absolute atomic E-state index is 0.259. The van der Waals surface area contributed by atoms with Gasteiger partial charge in [-0.05, 0) is 32.0 Å². The quantitative estimate of drug-likeness (QED) is 0.861. The monoisotopic (exact) mass is 372 g/mol. The van der Waals surface area contributed by atoms with E-state index in [2.05, 4.69) is 20.2 Å². The van der Waals surface area contributed by atoms with Crippen LogP contribution in [-0.4, -0.2) is 56.4 Å². The summed E-state index contributed by atoms with van der Waals surface area (Å²) in [7, 11) is 3.09. The van der Waals surface area contributed by atoms with E-state index in [0.29, 0.717) is 41.9 Å². The summed E-state index contributed by atoms with van der Waals surface area (Å²) in [6.45, 7) is 6.58. The Morgan fingerprint density at radius 1 is 1.07 bits per heavy atom. The van der Waals surface area contributed by atoms with Crippen LogP contribution in [0.25, 0.3) is 0 Å². The van der Waals surface area contributed by atoms with Crippen molar-refractivity contribution >= 4 is 17.5 Å². The first-order valence-electron chi connectivity index (χ1n) is 8.74. The number of nitrogens with one attached hydrogen (secondary N) is 1. The summed E-state index contributed by atoms with van der Waals surface area (Å²) >= 11 is 0. The van der Waals surface area contributed by atoms with E-state index in [1.54, 1.807) is 25.3 Å². The van der Waals surface area contributed by atoms with Crippen molar-refractivity contribution in [1.82, 2.24) is 9.97 Å². The minimum atomic E-state index is -0.259. The average Bonchev–Trinajstić information content (AvgIpc) is 2.70. The molecular weight excluding hydrogens is 348 g/mol. The predicted molar refractivity (Wildman–Crippen MR) is 102 cm³/mol. The van der Waals surface area contributed by atoms with Crippen LogP contribution in [0.15, 0.2) is 18.2 Å². The summed E-state index contributed by atoms with van der Waals surface area (Å²) in [5, 5.41) is 2.91. The van der Waals surface area contributed by atoms with Gasteiger partial charge in [0.2, 0.25) is 5.95 Å². The molecular formula is C19H24N4O4. The van der Waals surface area contributed by atoms with Gasteiger partial charge in [0.1, 0.15) is 0 Å². The van der Waals surface area contributed by atoms with Crippen molar-refractivity contribution < 1.29 is 19.0 Å². The molecule has 1 saturated heterocycles. The lowest BCUT2D eigenvalue weighted by molar-refractivity contribution is 0.102. The Balaban J connectivity index is 1.81. The molecule has 1 aliphatic rings. The molecule has 27 heavy (non-hydrogen) atoms. The third kappa shape index (κ3) is 4.11. The van der Waals surface area contributed by atoms with Crippen molar-refractivity contribution in [3.8, 4) is 11.5 Å². The molecule has 0 radical (unpaired) electrons. The fourth-order valence-electron chi connectivity index (χ4n) is 2.95. The fraction of sp³-hybridized carbons (Fsp3) is 0.421. The lowest BCUT2D eigenvalue weighted by Gasteiger charge is -2.27. The summed E-state index contributed by atoms with van der Waals surface area (Å²) in [4.78, 5) is 23.9. The van der Waals surface area contributed by atoms with Crippen LogP contribution in [0.1, 0.15) is 21.7 Å². The van der Waals surface area contributed by atoms with E-state index in [0.717, 1.165) is 24.5 Å². The van der Waals surface area contributed by atoms with E-state index >= 15 is 0 Å². The van der Waals surface area contributed by atoms with Crippen molar-refractivity contribution in [3.05, 3.63) is 35.2 Å². The molecule has 8 nitrogen and oxygen atoms in total. The van der Waals surface area contributed by atoms with E-state index in [9.17, 15) is 4.79 Å². The van der Waals surface area contributed by atoms with Gasteiger partial charge in [0.25, 0.3) is 5.91 Å². The Labute approximate surface area is 158 Å². The maximum atomic E-state index is 12.7. The number of carbonyl (C=O) groups is 1. The number of amides is 1. The molecule has 2 aromatic rings. The largest absolute Gasteiger partial charge is 0.493 e.